The second-order valence-corrected chi connectivity index (χ2v) is 8.13. The van der Waals surface area contributed by atoms with Crippen molar-refractivity contribution in [3.05, 3.63) is 59.7 Å². The van der Waals surface area contributed by atoms with E-state index in [9.17, 15) is 43.2 Å². The predicted molar refractivity (Wildman–Crippen MR) is 79.4 cm³/mol. The van der Waals surface area contributed by atoms with Crippen LogP contribution in [0, 0.1) is 0 Å². The minimum atomic E-state index is -5.15. The molecule has 0 heterocycles. The summed E-state index contributed by atoms with van der Waals surface area (Å²) in [6.07, 6.45) is -9.78. The van der Waals surface area contributed by atoms with E-state index < -0.39 is 53.5 Å². The highest BCUT2D eigenvalue weighted by Crippen LogP contribution is 2.32. The summed E-state index contributed by atoms with van der Waals surface area (Å²) >= 11 is 0. The molecular weight excluding hydrogens is 442 g/mol. The van der Waals surface area contributed by atoms with E-state index in [4.69, 9.17) is 0 Å². The van der Waals surface area contributed by atoms with Gasteiger partial charge in [0.15, 0.2) is 0 Å². The van der Waals surface area contributed by atoms with Gasteiger partial charge in [-0.1, -0.05) is 20.8 Å². The van der Waals surface area contributed by atoms with Gasteiger partial charge < -0.3 is 0 Å². The van der Waals surface area contributed by atoms with E-state index >= 15 is 0 Å². The third kappa shape index (κ3) is 5.21. The van der Waals surface area contributed by atoms with E-state index in [-0.39, 0.29) is 12.1 Å². The van der Waals surface area contributed by atoms with Gasteiger partial charge in [-0.2, -0.15) is 43.2 Å². The van der Waals surface area contributed by atoms with Crippen molar-refractivity contribution in [3.8, 4) is 0 Å². The summed E-state index contributed by atoms with van der Waals surface area (Å²) in [5.74, 6) is 0. The van der Waals surface area contributed by atoms with Crippen molar-refractivity contribution in [2.75, 3.05) is 0 Å². The summed E-state index contributed by atoms with van der Waals surface area (Å²) < 4.78 is 131. The van der Waals surface area contributed by atoms with Crippen LogP contribution in [0.4, 0.5) is 26.3 Å². The van der Waals surface area contributed by atoms with Crippen molar-refractivity contribution < 1.29 is 51.8 Å². The highest BCUT2D eigenvalue weighted by Gasteiger charge is 2.34. The number of halogens is 6. The standard InChI is InChI=1S/C14H8F6O6S2/c15-13(16,17)9-3-1-5-11(7-9)27(21,22)25-26-28(23,24)12-6-2-4-10(8-12)14(18,19)20/h1-8H. The zero-order chi connectivity index (χ0) is 21.4. The third-order valence-electron chi connectivity index (χ3n) is 3.11. The van der Waals surface area contributed by atoms with Crippen molar-refractivity contribution in [2.24, 2.45) is 0 Å². The van der Waals surface area contributed by atoms with Gasteiger partial charge >= 0.3 is 32.6 Å². The molecule has 0 aliphatic rings. The maximum Gasteiger partial charge on any atom is 0.416 e. The molecule has 0 bridgehead atoms. The number of rotatable bonds is 5. The number of alkyl halides is 6. The minimum absolute atomic E-state index is 0.162. The first-order valence-electron chi connectivity index (χ1n) is 6.85. The Morgan fingerprint density at radius 1 is 0.607 bits per heavy atom. The normalized spacial score (nSPS) is 13.5. The summed E-state index contributed by atoms with van der Waals surface area (Å²) in [6, 6.07) is 4.22. The molecule has 0 saturated carbocycles. The number of hydrogen-bond donors (Lipinski definition) is 0. The van der Waals surface area contributed by atoms with E-state index in [2.05, 4.69) is 8.67 Å². The first-order valence-corrected chi connectivity index (χ1v) is 9.67. The lowest BCUT2D eigenvalue weighted by atomic mass is 10.2. The van der Waals surface area contributed by atoms with E-state index in [0.717, 1.165) is 12.1 Å². The molecule has 0 aliphatic heterocycles. The van der Waals surface area contributed by atoms with Crippen LogP contribution in [-0.2, 0) is 41.3 Å². The molecule has 2 aromatic rings. The van der Waals surface area contributed by atoms with Gasteiger partial charge in [-0.3, -0.25) is 0 Å². The molecule has 2 aromatic carbocycles. The monoisotopic (exact) mass is 450 g/mol. The van der Waals surface area contributed by atoms with Crippen molar-refractivity contribution in [3.63, 3.8) is 0 Å². The molecule has 0 unspecified atom stereocenters. The highest BCUT2D eigenvalue weighted by molar-refractivity contribution is 7.89. The fraction of sp³-hybridized carbons (Fsp3) is 0.143. The van der Waals surface area contributed by atoms with Gasteiger partial charge in [-0.05, 0) is 36.4 Å². The molecule has 0 aliphatic carbocycles. The SMILES string of the molecule is O=S(=O)(OOS(=O)(=O)c1cccc(C(F)(F)F)c1)c1cccc(C(F)(F)F)c1. The fourth-order valence-electron chi connectivity index (χ4n) is 1.81. The van der Waals surface area contributed by atoms with Crippen LogP contribution in [0.15, 0.2) is 58.3 Å². The average Bonchev–Trinajstić information content (AvgIpc) is 2.59. The van der Waals surface area contributed by atoms with Gasteiger partial charge in [-0.25, -0.2) is 0 Å². The molecular formula is C14H8F6O6S2. The summed E-state index contributed by atoms with van der Waals surface area (Å²) in [5, 5.41) is 0. The van der Waals surface area contributed by atoms with Gasteiger partial charge in [0.2, 0.25) is 0 Å². The Hall–Kier alpha value is -2.16. The second-order valence-electron chi connectivity index (χ2n) is 5.10. The molecule has 28 heavy (non-hydrogen) atoms. The van der Waals surface area contributed by atoms with Crippen LogP contribution < -0.4 is 0 Å². The molecule has 0 aromatic heterocycles. The summed E-state index contributed by atoms with van der Waals surface area (Å²) in [4.78, 5) is -2.16. The highest BCUT2D eigenvalue weighted by atomic mass is 32.2. The topological polar surface area (TPSA) is 86.7 Å². The fourth-order valence-corrected chi connectivity index (χ4v) is 3.58. The van der Waals surface area contributed by atoms with Gasteiger partial charge in [0.25, 0.3) is 0 Å². The van der Waals surface area contributed by atoms with Gasteiger partial charge in [0.1, 0.15) is 0 Å². The lowest BCUT2D eigenvalue weighted by Gasteiger charge is -2.10. The third-order valence-corrected chi connectivity index (χ3v) is 5.35. The summed E-state index contributed by atoms with van der Waals surface area (Å²) in [6.45, 7) is 0. The van der Waals surface area contributed by atoms with Crippen LogP contribution in [-0.4, -0.2) is 16.8 Å². The van der Waals surface area contributed by atoms with Gasteiger partial charge in [0, 0.05) is 0 Å². The average molecular weight is 450 g/mol. The molecule has 0 atom stereocenters. The number of benzene rings is 2. The molecule has 0 spiro atoms. The molecule has 0 radical (unpaired) electrons. The number of hydrogen-bond acceptors (Lipinski definition) is 6. The van der Waals surface area contributed by atoms with Crippen molar-refractivity contribution in [2.45, 2.75) is 22.1 Å². The maximum absolute atomic E-state index is 12.6. The van der Waals surface area contributed by atoms with E-state index in [0.29, 0.717) is 24.3 Å². The van der Waals surface area contributed by atoms with Crippen molar-refractivity contribution in [1.29, 1.82) is 0 Å². The van der Waals surface area contributed by atoms with Gasteiger partial charge in [-0.15, -0.1) is 0 Å². The first-order chi connectivity index (χ1) is 12.6. The summed E-state index contributed by atoms with van der Waals surface area (Å²) in [7, 11) is -10.3. The Morgan fingerprint density at radius 3 is 1.21 bits per heavy atom. The smallest absolute Gasteiger partial charge is 0.192 e. The molecule has 6 nitrogen and oxygen atoms in total. The molecule has 154 valence electrons. The maximum atomic E-state index is 12.6. The first kappa shape index (κ1) is 22.1. The Balaban J connectivity index is 2.27. The van der Waals surface area contributed by atoms with Crippen molar-refractivity contribution >= 4 is 20.2 Å². The van der Waals surface area contributed by atoms with Crippen LogP contribution in [0.25, 0.3) is 0 Å². The molecule has 14 heteroatoms. The van der Waals surface area contributed by atoms with Crippen LogP contribution in [0.3, 0.4) is 0 Å². The Labute approximate surface area is 154 Å². The predicted octanol–water partition coefficient (Wildman–Crippen LogP) is 3.75. The minimum Gasteiger partial charge on any atom is -0.192 e. The molecule has 2 rings (SSSR count). The van der Waals surface area contributed by atoms with Crippen LogP contribution in [0.1, 0.15) is 11.1 Å². The Bertz CT molecular complexity index is 986. The summed E-state index contributed by atoms with van der Waals surface area (Å²) in [5.41, 5.74) is -2.73. The zero-order valence-corrected chi connectivity index (χ0v) is 14.8. The van der Waals surface area contributed by atoms with Crippen LogP contribution in [0.5, 0.6) is 0 Å². The Morgan fingerprint density at radius 2 is 0.929 bits per heavy atom. The quantitative estimate of drug-likeness (QED) is 0.392. The molecule has 0 amide bonds. The van der Waals surface area contributed by atoms with Gasteiger partial charge in [0.05, 0.1) is 20.9 Å². The zero-order valence-electron chi connectivity index (χ0n) is 13.2. The molecule has 0 saturated heterocycles. The molecule has 0 fully saturated rings. The van der Waals surface area contributed by atoms with E-state index in [1.165, 1.54) is 0 Å². The lowest BCUT2D eigenvalue weighted by molar-refractivity contribution is -0.138. The molecule has 0 N–H and O–H groups in total. The Kier molecular flexibility index (Phi) is 5.81. The second kappa shape index (κ2) is 7.35. The van der Waals surface area contributed by atoms with E-state index in [1.807, 2.05) is 0 Å². The largest absolute Gasteiger partial charge is 0.416 e. The lowest BCUT2D eigenvalue weighted by Crippen LogP contribution is -2.15. The van der Waals surface area contributed by atoms with E-state index in [1.54, 1.807) is 0 Å². The van der Waals surface area contributed by atoms with Crippen molar-refractivity contribution in [1.82, 2.24) is 0 Å². The van der Waals surface area contributed by atoms with Crippen LogP contribution in [0.2, 0.25) is 0 Å². The van der Waals surface area contributed by atoms with Crippen LogP contribution >= 0.6 is 0 Å².